The summed E-state index contributed by atoms with van der Waals surface area (Å²) in [7, 11) is -4.67. The molecule has 0 aliphatic carbocycles. The van der Waals surface area contributed by atoms with Crippen LogP contribution in [0.15, 0.2) is 45.8 Å². The van der Waals surface area contributed by atoms with Crippen molar-refractivity contribution in [2.75, 3.05) is 18.5 Å². The van der Waals surface area contributed by atoms with Crippen molar-refractivity contribution in [3.05, 3.63) is 46.4 Å². The predicted molar refractivity (Wildman–Crippen MR) is 108 cm³/mol. The van der Waals surface area contributed by atoms with Crippen LogP contribution in [0.1, 0.15) is 19.4 Å². The number of nitrogens with one attached hydrogen (secondary N) is 1. The largest absolute Gasteiger partial charge is 0.490 e. The van der Waals surface area contributed by atoms with E-state index in [1.54, 1.807) is 12.1 Å². The van der Waals surface area contributed by atoms with Gasteiger partial charge in [0.25, 0.3) is 0 Å². The van der Waals surface area contributed by atoms with Crippen LogP contribution in [0.3, 0.4) is 0 Å². The topological polar surface area (TPSA) is 81.7 Å². The fourth-order valence-electron chi connectivity index (χ4n) is 2.46. The Labute approximate surface area is 176 Å². The second-order valence-corrected chi connectivity index (χ2v) is 8.58. The lowest BCUT2D eigenvalue weighted by molar-refractivity contribution is -0.115. The van der Waals surface area contributed by atoms with Crippen LogP contribution >= 0.6 is 15.9 Å². The SMILES string of the molecule is CCOc1cc(Br)c(CC(=O)Nc2ccc(S(=O)(=O)C(F)F)cc2)cc1OCC. The summed E-state index contributed by atoms with van der Waals surface area (Å²) in [4.78, 5) is 11.8. The van der Waals surface area contributed by atoms with Crippen LogP contribution in [0.5, 0.6) is 11.5 Å². The summed E-state index contributed by atoms with van der Waals surface area (Å²) < 4.78 is 59.8. The second-order valence-electron chi connectivity index (χ2n) is 5.81. The first-order chi connectivity index (χ1) is 13.7. The summed E-state index contributed by atoms with van der Waals surface area (Å²) in [6, 6.07) is 7.99. The van der Waals surface area contributed by atoms with E-state index in [1.807, 2.05) is 13.8 Å². The molecule has 0 unspecified atom stereocenters. The zero-order chi connectivity index (χ0) is 21.6. The molecule has 0 atom stereocenters. The number of alkyl halides is 2. The molecule has 1 amide bonds. The first kappa shape index (κ1) is 23.1. The van der Waals surface area contributed by atoms with Crippen molar-refractivity contribution in [2.24, 2.45) is 0 Å². The van der Waals surface area contributed by atoms with Gasteiger partial charge in [0.1, 0.15) is 0 Å². The van der Waals surface area contributed by atoms with Gasteiger partial charge in [0, 0.05) is 10.2 Å². The molecule has 0 spiro atoms. The Morgan fingerprint density at radius 2 is 1.62 bits per heavy atom. The summed E-state index contributed by atoms with van der Waals surface area (Å²) in [5.74, 6) is -2.80. The van der Waals surface area contributed by atoms with Crippen molar-refractivity contribution < 1.29 is 31.5 Å². The average molecular weight is 492 g/mol. The average Bonchev–Trinajstić information content (AvgIpc) is 2.66. The van der Waals surface area contributed by atoms with Gasteiger partial charge in [-0.1, -0.05) is 15.9 Å². The molecule has 0 bridgehead atoms. The number of amides is 1. The van der Waals surface area contributed by atoms with Crippen LogP contribution in [0.2, 0.25) is 0 Å². The Morgan fingerprint density at radius 3 is 2.14 bits per heavy atom. The van der Waals surface area contributed by atoms with Crippen molar-refractivity contribution in [1.82, 2.24) is 0 Å². The van der Waals surface area contributed by atoms with E-state index < -0.39 is 20.5 Å². The molecule has 1 N–H and O–H groups in total. The maximum absolute atomic E-state index is 12.6. The Morgan fingerprint density at radius 1 is 1.07 bits per heavy atom. The van der Waals surface area contributed by atoms with Crippen molar-refractivity contribution in [1.29, 1.82) is 0 Å². The number of benzene rings is 2. The normalized spacial score (nSPS) is 11.4. The molecule has 2 aromatic carbocycles. The quantitative estimate of drug-likeness (QED) is 0.561. The molecule has 0 saturated carbocycles. The minimum Gasteiger partial charge on any atom is -0.490 e. The van der Waals surface area contributed by atoms with Crippen molar-refractivity contribution >= 4 is 37.4 Å². The molecule has 6 nitrogen and oxygen atoms in total. The summed E-state index contributed by atoms with van der Waals surface area (Å²) in [6.07, 6.45) is 0.00411. The molecule has 2 rings (SSSR count). The van der Waals surface area contributed by atoms with Crippen LogP contribution < -0.4 is 14.8 Å². The fourth-order valence-corrected chi connectivity index (χ4v) is 3.64. The molecule has 158 valence electrons. The number of rotatable bonds is 9. The van der Waals surface area contributed by atoms with Crippen LogP contribution in [-0.2, 0) is 21.1 Å². The van der Waals surface area contributed by atoms with Gasteiger partial charge in [-0.15, -0.1) is 0 Å². The van der Waals surface area contributed by atoms with Gasteiger partial charge in [0.05, 0.1) is 24.5 Å². The highest BCUT2D eigenvalue weighted by molar-refractivity contribution is 9.10. The summed E-state index contributed by atoms with van der Waals surface area (Å²) in [5, 5.41) is 2.60. The van der Waals surface area contributed by atoms with E-state index in [0.29, 0.717) is 34.7 Å². The van der Waals surface area contributed by atoms with Gasteiger partial charge < -0.3 is 14.8 Å². The van der Waals surface area contributed by atoms with Crippen molar-refractivity contribution in [3.8, 4) is 11.5 Å². The number of hydrogen-bond donors (Lipinski definition) is 1. The van der Waals surface area contributed by atoms with Crippen LogP contribution in [0.25, 0.3) is 0 Å². The number of sulfone groups is 1. The standard InChI is InChI=1S/C19H20BrF2NO5S/c1-3-27-16-9-12(15(20)11-17(16)28-4-2)10-18(24)23-13-5-7-14(8-6-13)29(25,26)19(21)22/h5-9,11,19H,3-4,10H2,1-2H3,(H,23,24). The molecular weight excluding hydrogens is 472 g/mol. The third-order valence-electron chi connectivity index (χ3n) is 3.76. The van der Waals surface area contributed by atoms with Crippen molar-refractivity contribution in [2.45, 2.75) is 30.9 Å². The molecule has 0 aliphatic rings. The maximum atomic E-state index is 12.6. The van der Waals surface area contributed by atoms with E-state index in [4.69, 9.17) is 9.47 Å². The van der Waals surface area contributed by atoms with Crippen LogP contribution in [0.4, 0.5) is 14.5 Å². The highest BCUT2D eigenvalue weighted by Gasteiger charge is 2.26. The third-order valence-corrected chi connectivity index (χ3v) is 5.90. The molecule has 0 aliphatic heterocycles. The van der Waals surface area contributed by atoms with Gasteiger partial charge in [-0.2, -0.15) is 8.78 Å². The molecule has 0 radical (unpaired) electrons. The molecule has 2 aromatic rings. The van der Waals surface area contributed by atoms with Crippen LogP contribution in [-0.4, -0.2) is 33.3 Å². The molecule has 0 fully saturated rings. The molecule has 0 aromatic heterocycles. The lowest BCUT2D eigenvalue weighted by Gasteiger charge is -2.14. The number of halogens is 3. The summed E-state index contributed by atoms with van der Waals surface area (Å²) >= 11 is 3.41. The highest BCUT2D eigenvalue weighted by Crippen LogP contribution is 2.34. The predicted octanol–water partition coefficient (Wildman–Crippen LogP) is 4.42. The van der Waals surface area contributed by atoms with E-state index >= 15 is 0 Å². The number of anilines is 1. The molecular formula is C19H20BrF2NO5S. The molecule has 10 heteroatoms. The number of carbonyl (C=O) groups excluding carboxylic acids is 1. The number of hydrogen-bond acceptors (Lipinski definition) is 5. The molecule has 0 saturated heterocycles. The first-order valence-corrected chi connectivity index (χ1v) is 11.0. The van der Waals surface area contributed by atoms with Gasteiger partial charge in [-0.25, -0.2) is 8.42 Å². The summed E-state index contributed by atoms with van der Waals surface area (Å²) in [6.45, 7) is 4.58. The van der Waals surface area contributed by atoms with E-state index in [-0.39, 0.29) is 18.0 Å². The van der Waals surface area contributed by atoms with E-state index in [1.165, 1.54) is 12.1 Å². The van der Waals surface area contributed by atoms with E-state index in [0.717, 1.165) is 12.1 Å². The smallest absolute Gasteiger partial charge is 0.341 e. The maximum Gasteiger partial charge on any atom is 0.341 e. The zero-order valence-corrected chi connectivity index (χ0v) is 18.1. The van der Waals surface area contributed by atoms with Gasteiger partial charge in [0.2, 0.25) is 15.7 Å². The number of ether oxygens (including phenoxy) is 2. The minimum absolute atomic E-state index is 0.00411. The lowest BCUT2D eigenvalue weighted by Crippen LogP contribution is -2.15. The Bertz CT molecular complexity index is 965. The Balaban J connectivity index is 2.14. The second kappa shape index (κ2) is 10.0. The van der Waals surface area contributed by atoms with E-state index in [9.17, 15) is 22.0 Å². The Hall–Kier alpha value is -2.20. The zero-order valence-electron chi connectivity index (χ0n) is 15.7. The van der Waals surface area contributed by atoms with Gasteiger partial charge in [-0.05, 0) is 55.8 Å². The number of carbonyl (C=O) groups is 1. The van der Waals surface area contributed by atoms with Gasteiger partial charge in [0.15, 0.2) is 11.5 Å². The monoisotopic (exact) mass is 491 g/mol. The molecule has 0 heterocycles. The highest BCUT2D eigenvalue weighted by atomic mass is 79.9. The minimum atomic E-state index is -4.67. The summed E-state index contributed by atoms with van der Waals surface area (Å²) in [5.41, 5.74) is 0.946. The van der Waals surface area contributed by atoms with Crippen LogP contribution in [0, 0.1) is 0 Å². The fraction of sp³-hybridized carbons (Fsp3) is 0.316. The molecule has 29 heavy (non-hydrogen) atoms. The van der Waals surface area contributed by atoms with Gasteiger partial charge in [-0.3, -0.25) is 4.79 Å². The first-order valence-electron chi connectivity index (χ1n) is 8.69. The van der Waals surface area contributed by atoms with Crippen molar-refractivity contribution in [3.63, 3.8) is 0 Å². The Kier molecular flexibility index (Phi) is 7.97. The van der Waals surface area contributed by atoms with Gasteiger partial charge >= 0.3 is 5.76 Å². The third kappa shape index (κ3) is 5.89. The van der Waals surface area contributed by atoms with E-state index in [2.05, 4.69) is 21.2 Å². The lowest BCUT2D eigenvalue weighted by atomic mass is 10.1.